The second-order valence-corrected chi connectivity index (χ2v) is 6.85. The van der Waals surface area contributed by atoms with Crippen LogP contribution < -0.4 is 20.1 Å². The number of nitrogens with one attached hydrogen (secondary N) is 3. The number of hydrogen-bond donors (Lipinski definition) is 3. The first-order valence-corrected chi connectivity index (χ1v) is 9.94. The van der Waals surface area contributed by atoms with E-state index in [-0.39, 0.29) is 5.82 Å². The molecule has 2 aromatic carbocycles. The van der Waals surface area contributed by atoms with Gasteiger partial charge in [-0.2, -0.15) is 5.10 Å². The number of aromatic amines is 1. The predicted octanol–water partition coefficient (Wildman–Crippen LogP) is 3.51. The number of H-pyrrole nitrogens is 1. The molecule has 0 unspecified atom stereocenters. The van der Waals surface area contributed by atoms with Gasteiger partial charge in [0, 0.05) is 30.9 Å². The third-order valence-corrected chi connectivity index (χ3v) is 4.62. The van der Waals surface area contributed by atoms with Crippen LogP contribution in [0, 0.1) is 5.82 Å². The molecule has 156 valence electrons. The largest absolute Gasteiger partial charge is 0.490 e. The van der Waals surface area contributed by atoms with Gasteiger partial charge in [-0.3, -0.25) is 5.10 Å². The molecule has 0 spiro atoms. The van der Waals surface area contributed by atoms with Gasteiger partial charge in [0.15, 0.2) is 17.5 Å². The Morgan fingerprint density at radius 3 is 2.80 bits per heavy atom. The minimum Gasteiger partial charge on any atom is -0.490 e. The summed E-state index contributed by atoms with van der Waals surface area (Å²) in [7, 11) is 0. The lowest BCUT2D eigenvalue weighted by atomic mass is 10.1. The zero-order chi connectivity index (χ0) is 20.6. The van der Waals surface area contributed by atoms with Crippen LogP contribution in [0.25, 0.3) is 0 Å². The van der Waals surface area contributed by atoms with E-state index < -0.39 is 0 Å². The Kier molecular flexibility index (Phi) is 6.44. The van der Waals surface area contributed by atoms with E-state index in [1.807, 2.05) is 30.3 Å². The Morgan fingerprint density at radius 1 is 1.10 bits per heavy atom. The van der Waals surface area contributed by atoms with Crippen molar-refractivity contribution in [2.24, 2.45) is 4.99 Å². The predicted molar refractivity (Wildman–Crippen MR) is 114 cm³/mol. The van der Waals surface area contributed by atoms with Crippen molar-refractivity contribution in [2.45, 2.75) is 19.4 Å². The number of aliphatic imine (C=N–C) groups is 1. The van der Waals surface area contributed by atoms with E-state index in [0.29, 0.717) is 50.0 Å². The second kappa shape index (κ2) is 9.78. The van der Waals surface area contributed by atoms with Gasteiger partial charge in [0.05, 0.1) is 25.5 Å². The molecule has 0 atom stereocenters. The molecule has 2 heterocycles. The summed E-state index contributed by atoms with van der Waals surface area (Å²) < 4.78 is 25.3. The Morgan fingerprint density at radius 2 is 1.97 bits per heavy atom. The molecule has 0 fully saturated rings. The minimum atomic E-state index is -0.203. The van der Waals surface area contributed by atoms with Gasteiger partial charge in [-0.15, -0.1) is 0 Å². The summed E-state index contributed by atoms with van der Waals surface area (Å²) in [4.78, 5) is 4.60. The van der Waals surface area contributed by atoms with E-state index in [4.69, 9.17) is 9.47 Å². The van der Waals surface area contributed by atoms with E-state index in [9.17, 15) is 4.39 Å². The van der Waals surface area contributed by atoms with Crippen molar-refractivity contribution in [3.8, 4) is 11.5 Å². The molecule has 30 heavy (non-hydrogen) atoms. The molecule has 0 aliphatic carbocycles. The van der Waals surface area contributed by atoms with Crippen molar-refractivity contribution in [3.05, 3.63) is 71.8 Å². The standard InChI is InChI=1S/C22H24FN5O2/c23-19-5-2-1-4-16(19)8-10-24-22(25-15-18-9-11-26-28-18)27-17-6-7-20-21(14-17)30-13-3-12-29-20/h1-2,4-7,9,11,14H,3,8,10,12-13,15H2,(H,26,28)(H2,24,25,27). The maximum Gasteiger partial charge on any atom is 0.196 e. The monoisotopic (exact) mass is 409 g/mol. The summed E-state index contributed by atoms with van der Waals surface area (Å²) in [5, 5.41) is 13.4. The van der Waals surface area contributed by atoms with E-state index >= 15 is 0 Å². The van der Waals surface area contributed by atoms with Crippen LogP contribution in [0.1, 0.15) is 17.7 Å². The van der Waals surface area contributed by atoms with Gasteiger partial charge >= 0.3 is 0 Å². The fourth-order valence-electron chi connectivity index (χ4n) is 3.07. The van der Waals surface area contributed by atoms with Crippen molar-refractivity contribution in [3.63, 3.8) is 0 Å². The van der Waals surface area contributed by atoms with E-state index in [1.165, 1.54) is 6.07 Å². The first kappa shape index (κ1) is 19.8. The number of nitrogens with zero attached hydrogens (tertiary/aromatic N) is 2. The van der Waals surface area contributed by atoms with Gasteiger partial charge in [0.25, 0.3) is 0 Å². The fourth-order valence-corrected chi connectivity index (χ4v) is 3.07. The average Bonchev–Trinajstić information content (AvgIpc) is 3.17. The summed E-state index contributed by atoms with van der Waals surface area (Å²) in [6.45, 7) is 2.23. The Bertz CT molecular complexity index is 991. The molecule has 3 aromatic rings. The number of guanidine groups is 1. The average molecular weight is 409 g/mol. The number of anilines is 1. The quantitative estimate of drug-likeness (QED) is 0.429. The number of hydrogen-bond acceptors (Lipinski definition) is 4. The smallest absolute Gasteiger partial charge is 0.196 e. The van der Waals surface area contributed by atoms with Crippen LogP contribution in [-0.2, 0) is 13.0 Å². The fraction of sp³-hybridized carbons (Fsp3) is 0.273. The van der Waals surface area contributed by atoms with Crippen LogP contribution >= 0.6 is 0 Å². The summed E-state index contributed by atoms with van der Waals surface area (Å²) >= 11 is 0. The number of fused-ring (bicyclic) bond motifs is 1. The number of ether oxygens (including phenoxy) is 2. The zero-order valence-corrected chi connectivity index (χ0v) is 16.5. The van der Waals surface area contributed by atoms with Gasteiger partial charge in [0.1, 0.15) is 5.82 Å². The van der Waals surface area contributed by atoms with Gasteiger partial charge in [-0.25, -0.2) is 9.38 Å². The molecule has 0 amide bonds. The summed E-state index contributed by atoms with van der Waals surface area (Å²) in [6, 6.07) is 14.3. The molecule has 1 aliphatic rings. The van der Waals surface area contributed by atoms with Crippen molar-refractivity contribution < 1.29 is 13.9 Å². The molecule has 0 radical (unpaired) electrons. The van der Waals surface area contributed by atoms with E-state index in [0.717, 1.165) is 23.6 Å². The number of aromatic nitrogens is 2. The van der Waals surface area contributed by atoms with Gasteiger partial charge in [-0.05, 0) is 36.2 Å². The molecule has 4 rings (SSSR count). The third-order valence-electron chi connectivity index (χ3n) is 4.62. The lowest BCUT2D eigenvalue weighted by Crippen LogP contribution is -2.32. The highest BCUT2D eigenvalue weighted by Crippen LogP contribution is 2.32. The maximum absolute atomic E-state index is 13.9. The first-order valence-electron chi connectivity index (χ1n) is 9.94. The molecular formula is C22H24FN5O2. The van der Waals surface area contributed by atoms with E-state index in [2.05, 4.69) is 25.8 Å². The lowest BCUT2D eigenvalue weighted by molar-refractivity contribution is 0.297. The van der Waals surface area contributed by atoms with Crippen LogP contribution in [0.3, 0.4) is 0 Å². The highest BCUT2D eigenvalue weighted by atomic mass is 19.1. The van der Waals surface area contributed by atoms with Crippen molar-refractivity contribution in [1.82, 2.24) is 15.5 Å². The highest BCUT2D eigenvalue weighted by Gasteiger charge is 2.11. The molecular weight excluding hydrogens is 385 g/mol. The minimum absolute atomic E-state index is 0.203. The second-order valence-electron chi connectivity index (χ2n) is 6.85. The third kappa shape index (κ3) is 5.28. The van der Waals surface area contributed by atoms with Gasteiger partial charge in [-0.1, -0.05) is 18.2 Å². The van der Waals surface area contributed by atoms with Crippen LogP contribution in [-0.4, -0.2) is 35.9 Å². The summed E-state index contributed by atoms with van der Waals surface area (Å²) in [6.07, 6.45) is 3.08. The number of rotatable bonds is 6. The number of halogens is 1. The first-order chi connectivity index (χ1) is 14.8. The molecule has 3 N–H and O–H groups in total. The normalized spacial score (nSPS) is 13.6. The Labute approximate surface area is 174 Å². The van der Waals surface area contributed by atoms with Crippen LogP contribution in [0.15, 0.2) is 59.7 Å². The molecule has 0 saturated heterocycles. The van der Waals surface area contributed by atoms with Crippen LogP contribution in [0.4, 0.5) is 10.1 Å². The van der Waals surface area contributed by atoms with Crippen molar-refractivity contribution in [1.29, 1.82) is 0 Å². The molecule has 1 aromatic heterocycles. The molecule has 8 heteroatoms. The van der Waals surface area contributed by atoms with Gasteiger partial charge in [0.2, 0.25) is 0 Å². The zero-order valence-electron chi connectivity index (χ0n) is 16.5. The highest BCUT2D eigenvalue weighted by molar-refractivity contribution is 5.94. The number of benzene rings is 2. The SMILES string of the molecule is Fc1ccccc1CCNC(=NCc1ccn[nH]1)Nc1ccc2c(c1)OCCCO2. The summed E-state index contributed by atoms with van der Waals surface area (Å²) in [5.41, 5.74) is 2.37. The molecule has 0 bridgehead atoms. The Hall–Kier alpha value is -3.55. The molecule has 7 nitrogen and oxygen atoms in total. The van der Waals surface area contributed by atoms with Crippen molar-refractivity contribution in [2.75, 3.05) is 25.1 Å². The maximum atomic E-state index is 13.9. The Balaban J connectivity index is 1.45. The van der Waals surface area contributed by atoms with E-state index in [1.54, 1.807) is 18.3 Å². The summed E-state index contributed by atoms with van der Waals surface area (Å²) in [5.74, 6) is 1.82. The molecule has 1 aliphatic heterocycles. The molecule has 0 saturated carbocycles. The van der Waals surface area contributed by atoms with Gasteiger partial charge < -0.3 is 20.1 Å². The topological polar surface area (TPSA) is 83.6 Å². The van der Waals surface area contributed by atoms with Crippen molar-refractivity contribution >= 4 is 11.6 Å². The van der Waals surface area contributed by atoms with Crippen LogP contribution in [0.2, 0.25) is 0 Å². The lowest BCUT2D eigenvalue weighted by Gasteiger charge is -2.15. The van der Waals surface area contributed by atoms with Crippen LogP contribution in [0.5, 0.6) is 11.5 Å².